The van der Waals surface area contributed by atoms with Gasteiger partial charge in [-0.3, -0.25) is 0 Å². The third-order valence-electron chi connectivity index (χ3n) is 7.93. The Morgan fingerprint density at radius 3 is 1.19 bits per heavy atom. The van der Waals surface area contributed by atoms with E-state index < -0.39 is 0 Å². The number of esters is 1. The molecule has 0 aromatic rings. The molecular weight excluding hydrogens is 444 g/mol. The van der Waals surface area contributed by atoms with Crippen molar-refractivity contribution in [1.29, 1.82) is 0 Å². The van der Waals surface area contributed by atoms with Gasteiger partial charge in [0.15, 0.2) is 6.10 Å². The van der Waals surface area contributed by atoms with Gasteiger partial charge in [0.05, 0.1) is 6.61 Å². The van der Waals surface area contributed by atoms with E-state index in [9.17, 15) is 4.79 Å². The van der Waals surface area contributed by atoms with E-state index in [-0.39, 0.29) is 12.1 Å². The first-order chi connectivity index (χ1) is 17.8. The minimum atomic E-state index is -0.283. The molecule has 1 saturated heterocycles. The van der Waals surface area contributed by atoms with E-state index in [0.717, 1.165) is 19.3 Å². The number of hydrogen-bond acceptors (Lipinski definition) is 3. The molecule has 214 valence electrons. The Bertz CT molecular complexity index is 444. The molecule has 0 N–H and O–H groups in total. The number of carbonyl (C=O) groups excluding carboxylic acids is 1. The van der Waals surface area contributed by atoms with E-state index in [1.165, 1.54) is 161 Å². The fourth-order valence-corrected chi connectivity index (χ4v) is 5.45. The first-order valence-electron chi connectivity index (χ1n) is 16.6. The molecule has 1 aliphatic rings. The molecule has 1 heterocycles. The summed E-state index contributed by atoms with van der Waals surface area (Å²) in [7, 11) is 0. The Hall–Kier alpha value is -0.570. The average molecular weight is 509 g/mol. The van der Waals surface area contributed by atoms with E-state index in [1.54, 1.807) is 0 Å². The minimum Gasteiger partial charge on any atom is -0.464 e. The zero-order valence-electron chi connectivity index (χ0n) is 24.5. The van der Waals surface area contributed by atoms with Crippen LogP contribution in [0.15, 0.2) is 0 Å². The highest BCUT2D eigenvalue weighted by Gasteiger charge is 2.24. The summed E-state index contributed by atoms with van der Waals surface area (Å²) in [5, 5.41) is 0. The largest absolute Gasteiger partial charge is 0.464 e. The lowest BCUT2D eigenvalue weighted by molar-refractivity contribution is -0.154. The number of hydrogen-bond donors (Lipinski definition) is 0. The summed E-state index contributed by atoms with van der Waals surface area (Å²) in [5.41, 5.74) is 0. The van der Waals surface area contributed by atoms with Gasteiger partial charge in [-0.15, -0.1) is 0 Å². The van der Waals surface area contributed by atoms with Crippen LogP contribution in [0.3, 0.4) is 0 Å². The molecule has 0 amide bonds. The van der Waals surface area contributed by atoms with Gasteiger partial charge < -0.3 is 9.47 Å². The van der Waals surface area contributed by atoms with Gasteiger partial charge in [-0.1, -0.05) is 167 Å². The molecule has 3 nitrogen and oxygen atoms in total. The lowest BCUT2D eigenvalue weighted by Gasteiger charge is -2.09. The Morgan fingerprint density at radius 1 is 0.556 bits per heavy atom. The number of unbranched alkanes of at least 4 members (excludes halogenated alkanes) is 25. The highest BCUT2D eigenvalue weighted by atomic mass is 16.6. The molecule has 1 atom stereocenters. The van der Waals surface area contributed by atoms with Gasteiger partial charge in [0.25, 0.3) is 0 Å². The standard InChI is InChI=1S/C33H64O3/c1-2-3-4-5-6-7-8-9-10-11-12-13-14-15-16-17-18-19-20-21-22-23-24-25-26-27-30-36-33(34)32-29-28-31-35-32/h32H,2-31H2,1H3. The number of ether oxygens (including phenoxy) is 2. The fraction of sp³-hybridized carbons (Fsp3) is 0.970. The SMILES string of the molecule is CCCCCCCCCCCCCCCCCCCCCCCCCCCCOC(=O)C1CCCO1. The van der Waals surface area contributed by atoms with Crippen LogP contribution in [0.2, 0.25) is 0 Å². The normalized spacial score (nSPS) is 15.5. The molecule has 0 aromatic carbocycles. The van der Waals surface area contributed by atoms with Gasteiger partial charge in [0, 0.05) is 6.61 Å². The maximum absolute atomic E-state index is 11.7. The van der Waals surface area contributed by atoms with Gasteiger partial charge in [-0.05, 0) is 19.3 Å². The fourth-order valence-electron chi connectivity index (χ4n) is 5.45. The molecule has 0 radical (unpaired) electrons. The summed E-state index contributed by atoms with van der Waals surface area (Å²) < 4.78 is 10.7. The lowest BCUT2D eigenvalue weighted by atomic mass is 10.0. The molecule has 36 heavy (non-hydrogen) atoms. The first kappa shape index (κ1) is 33.5. The summed E-state index contributed by atoms with van der Waals surface area (Å²) in [4.78, 5) is 11.7. The zero-order chi connectivity index (χ0) is 25.8. The average Bonchev–Trinajstić information content (AvgIpc) is 3.43. The van der Waals surface area contributed by atoms with Crippen LogP contribution < -0.4 is 0 Å². The predicted octanol–water partition coefficient (Wildman–Crippen LogP) is 10.9. The van der Waals surface area contributed by atoms with Crippen molar-refractivity contribution in [3.63, 3.8) is 0 Å². The molecule has 3 heteroatoms. The highest BCUT2D eigenvalue weighted by Crippen LogP contribution is 2.16. The molecule has 0 aliphatic carbocycles. The van der Waals surface area contributed by atoms with Gasteiger partial charge in [-0.25, -0.2) is 4.79 Å². The summed E-state index contributed by atoms with van der Waals surface area (Å²) in [6.07, 6.45) is 38.2. The monoisotopic (exact) mass is 508 g/mol. The van der Waals surface area contributed by atoms with Crippen LogP contribution in [0.4, 0.5) is 0 Å². The predicted molar refractivity (Wildman–Crippen MR) is 156 cm³/mol. The van der Waals surface area contributed by atoms with E-state index in [0.29, 0.717) is 13.2 Å². The van der Waals surface area contributed by atoms with Crippen LogP contribution in [0, 0.1) is 0 Å². The molecule has 1 unspecified atom stereocenters. The van der Waals surface area contributed by atoms with Crippen LogP contribution in [0.5, 0.6) is 0 Å². The van der Waals surface area contributed by atoms with Crippen LogP contribution >= 0.6 is 0 Å². The Balaban J connectivity index is 1.63. The quantitative estimate of drug-likeness (QED) is 0.0778. The van der Waals surface area contributed by atoms with E-state index in [4.69, 9.17) is 9.47 Å². The highest BCUT2D eigenvalue weighted by molar-refractivity contribution is 5.74. The second-order valence-electron chi connectivity index (χ2n) is 11.5. The van der Waals surface area contributed by atoms with Gasteiger partial charge >= 0.3 is 5.97 Å². The van der Waals surface area contributed by atoms with E-state index in [1.807, 2.05) is 0 Å². The smallest absolute Gasteiger partial charge is 0.335 e. The maximum atomic E-state index is 11.7. The summed E-state index contributed by atoms with van der Waals surface area (Å²) in [6.45, 7) is 3.57. The van der Waals surface area contributed by atoms with Crippen molar-refractivity contribution in [3.05, 3.63) is 0 Å². The molecule has 0 spiro atoms. The van der Waals surface area contributed by atoms with Crippen LogP contribution in [0.25, 0.3) is 0 Å². The second kappa shape index (κ2) is 27.5. The van der Waals surface area contributed by atoms with Crippen LogP contribution in [-0.2, 0) is 14.3 Å². The van der Waals surface area contributed by atoms with Crippen LogP contribution in [-0.4, -0.2) is 25.3 Å². The topological polar surface area (TPSA) is 35.5 Å². The molecule has 1 fully saturated rings. The van der Waals surface area contributed by atoms with Crippen molar-refractivity contribution in [2.45, 2.75) is 193 Å². The van der Waals surface area contributed by atoms with Crippen molar-refractivity contribution in [1.82, 2.24) is 0 Å². The second-order valence-corrected chi connectivity index (χ2v) is 11.5. The third-order valence-corrected chi connectivity index (χ3v) is 7.93. The molecule has 1 rings (SSSR count). The number of rotatable bonds is 28. The molecule has 0 aromatic heterocycles. The third kappa shape index (κ3) is 22.6. The van der Waals surface area contributed by atoms with Crippen molar-refractivity contribution in [2.75, 3.05) is 13.2 Å². The number of carbonyl (C=O) groups is 1. The summed E-state index contributed by atoms with van der Waals surface area (Å²) in [6, 6.07) is 0. The molecule has 0 saturated carbocycles. The molecule has 1 aliphatic heterocycles. The van der Waals surface area contributed by atoms with Crippen molar-refractivity contribution in [3.8, 4) is 0 Å². The van der Waals surface area contributed by atoms with E-state index in [2.05, 4.69) is 6.92 Å². The van der Waals surface area contributed by atoms with E-state index >= 15 is 0 Å². The molecular formula is C33H64O3. The lowest BCUT2D eigenvalue weighted by Crippen LogP contribution is -2.22. The van der Waals surface area contributed by atoms with Crippen LogP contribution in [0.1, 0.15) is 187 Å². The van der Waals surface area contributed by atoms with Gasteiger partial charge in [0.1, 0.15) is 0 Å². The van der Waals surface area contributed by atoms with Crippen molar-refractivity contribution < 1.29 is 14.3 Å². The Labute approximate surface area is 226 Å². The van der Waals surface area contributed by atoms with Gasteiger partial charge in [-0.2, -0.15) is 0 Å². The maximum Gasteiger partial charge on any atom is 0.335 e. The summed E-state index contributed by atoms with van der Waals surface area (Å²) in [5.74, 6) is -0.146. The Morgan fingerprint density at radius 2 is 0.889 bits per heavy atom. The molecule has 0 bridgehead atoms. The first-order valence-corrected chi connectivity index (χ1v) is 16.6. The Kier molecular flexibility index (Phi) is 25.5. The zero-order valence-corrected chi connectivity index (χ0v) is 24.5. The van der Waals surface area contributed by atoms with Crippen molar-refractivity contribution in [2.24, 2.45) is 0 Å². The van der Waals surface area contributed by atoms with Gasteiger partial charge in [0.2, 0.25) is 0 Å². The minimum absolute atomic E-state index is 0.146. The van der Waals surface area contributed by atoms with Crippen molar-refractivity contribution >= 4 is 5.97 Å². The summed E-state index contributed by atoms with van der Waals surface area (Å²) >= 11 is 0.